The monoisotopic (exact) mass is 236 g/mol. The first-order chi connectivity index (χ1) is 7.34. The number of nitrogens with one attached hydrogen (secondary N) is 1. The molecule has 0 bridgehead atoms. The highest BCUT2D eigenvalue weighted by atomic mass is 32.2. The molecule has 0 aliphatic carbocycles. The van der Waals surface area contributed by atoms with Crippen molar-refractivity contribution in [2.75, 3.05) is 0 Å². The topological polar surface area (TPSA) is 45.1 Å². The second-order valence-corrected chi connectivity index (χ2v) is 5.24. The first-order valence-corrected chi connectivity index (χ1v) is 6.25. The third kappa shape index (κ3) is 1.48. The molecule has 0 radical (unpaired) electrons. The minimum Gasteiger partial charge on any atom is -0.506 e. The number of aromatic nitrogens is 1. The molecule has 1 atom stereocenters. The first kappa shape index (κ1) is 9.06. The summed E-state index contributed by atoms with van der Waals surface area (Å²) in [6, 6.07) is 5.48. The Morgan fingerprint density at radius 1 is 1.40 bits per heavy atom. The number of para-hydroxylation sites is 1. The Labute approximate surface area is 94.8 Å². The predicted octanol–water partition coefficient (Wildman–Crippen LogP) is 2.81. The molecule has 0 saturated heterocycles. The van der Waals surface area contributed by atoms with Crippen molar-refractivity contribution in [2.45, 2.75) is 5.37 Å². The molecule has 0 saturated carbocycles. The van der Waals surface area contributed by atoms with Crippen LogP contribution in [0.25, 0.3) is 10.2 Å². The fraction of sp³-hybridized carbons (Fsp3) is 0.100. The molecule has 5 heteroatoms. The van der Waals surface area contributed by atoms with Crippen LogP contribution >= 0.6 is 23.1 Å². The number of hydrogen-bond acceptors (Lipinski definition) is 5. The molecule has 76 valence electrons. The summed E-state index contributed by atoms with van der Waals surface area (Å²) in [5, 5.41) is 16.0. The maximum Gasteiger partial charge on any atom is 0.142 e. The quantitative estimate of drug-likeness (QED) is 0.799. The van der Waals surface area contributed by atoms with Crippen LogP contribution in [0.3, 0.4) is 0 Å². The molecule has 2 aromatic rings. The SMILES string of the molecule is Oc1cccc2sc(C3NC=CS3)nc12. The average Bonchev–Trinajstić information content (AvgIpc) is 2.86. The minimum atomic E-state index is 0.196. The van der Waals surface area contributed by atoms with Crippen molar-refractivity contribution in [3.63, 3.8) is 0 Å². The van der Waals surface area contributed by atoms with E-state index < -0.39 is 0 Å². The summed E-state index contributed by atoms with van der Waals surface area (Å²) in [4.78, 5) is 4.44. The second-order valence-electron chi connectivity index (χ2n) is 3.16. The van der Waals surface area contributed by atoms with E-state index in [0.29, 0.717) is 5.52 Å². The number of fused-ring (bicyclic) bond motifs is 1. The summed E-state index contributed by atoms with van der Waals surface area (Å²) in [6.45, 7) is 0. The largest absolute Gasteiger partial charge is 0.506 e. The Bertz CT molecular complexity index is 527. The molecule has 2 N–H and O–H groups in total. The Hall–Kier alpha value is -1.20. The molecule has 2 heterocycles. The van der Waals surface area contributed by atoms with Gasteiger partial charge in [0.05, 0.1) is 4.70 Å². The van der Waals surface area contributed by atoms with Crippen molar-refractivity contribution >= 4 is 33.3 Å². The zero-order valence-corrected chi connectivity index (χ0v) is 9.31. The van der Waals surface area contributed by atoms with Crippen molar-refractivity contribution in [3.05, 3.63) is 34.8 Å². The maximum atomic E-state index is 9.63. The molecule has 0 spiro atoms. The summed E-state index contributed by atoms with van der Waals surface area (Å²) in [7, 11) is 0. The molecule has 3 rings (SSSR count). The molecule has 0 fully saturated rings. The molecular weight excluding hydrogens is 228 g/mol. The van der Waals surface area contributed by atoms with E-state index in [1.165, 1.54) is 0 Å². The van der Waals surface area contributed by atoms with Gasteiger partial charge in [-0.25, -0.2) is 4.98 Å². The fourth-order valence-corrected chi connectivity index (χ4v) is 3.36. The van der Waals surface area contributed by atoms with E-state index in [2.05, 4.69) is 10.3 Å². The molecule has 1 aliphatic rings. The number of thiazole rings is 1. The van der Waals surface area contributed by atoms with E-state index in [1.807, 2.05) is 23.7 Å². The highest BCUT2D eigenvalue weighted by molar-refractivity contribution is 8.02. The highest BCUT2D eigenvalue weighted by Crippen LogP contribution is 2.37. The van der Waals surface area contributed by atoms with Gasteiger partial charge in [-0.2, -0.15) is 0 Å². The van der Waals surface area contributed by atoms with Crippen molar-refractivity contribution in [1.82, 2.24) is 10.3 Å². The fourth-order valence-electron chi connectivity index (χ4n) is 1.48. The van der Waals surface area contributed by atoms with Crippen molar-refractivity contribution in [2.24, 2.45) is 0 Å². The maximum absolute atomic E-state index is 9.63. The van der Waals surface area contributed by atoms with Gasteiger partial charge in [0, 0.05) is 6.20 Å². The van der Waals surface area contributed by atoms with Crippen molar-refractivity contribution < 1.29 is 5.11 Å². The normalized spacial score (nSPS) is 19.6. The number of aromatic hydroxyl groups is 1. The van der Waals surface area contributed by atoms with E-state index in [9.17, 15) is 5.11 Å². The zero-order valence-electron chi connectivity index (χ0n) is 7.68. The minimum absolute atomic E-state index is 0.196. The van der Waals surface area contributed by atoms with Gasteiger partial charge < -0.3 is 10.4 Å². The van der Waals surface area contributed by atoms with Crippen LogP contribution in [0.15, 0.2) is 29.8 Å². The average molecular weight is 236 g/mol. The third-order valence-corrected chi connectivity index (χ3v) is 4.33. The van der Waals surface area contributed by atoms with Gasteiger partial charge in [0.25, 0.3) is 0 Å². The standard InChI is InChI=1S/C10H8N2OS2/c13-6-2-1-3-7-8(6)12-10(15-7)9-11-4-5-14-9/h1-5,9,11,13H. The second kappa shape index (κ2) is 3.43. The Kier molecular flexibility index (Phi) is 2.07. The van der Waals surface area contributed by atoms with Crippen LogP contribution < -0.4 is 5.32 Å². The van der Waals surface area contributed by atoms with E-state index in [-0.39, 0.29) is 11.1 Å². The van der Waals surface area contributed by atoms with E-state index >= 15 is 0 Å². The van der Waals surface area contributed by atoms with Crippen molar-refractivity contribution in [1.29, 1.82) is 0 Å². The van der Waals surface area contributed by atoms with Crippen LogP contribution in [0, 0.1) is 0 Å². The molecule has 0 amide bonds. The third-order valence-electron chi connectivity index (χ3n) is 2.17. The highest BCUT2D eigenvalue weighted by Gasteiger charge is 2.18. The summed E-state index contributed by atoms with van der Waals surface area (Å²) < 4.78 is 1.03. The first-order valence-electron chi connectivity index (χ1n) is 4.49. The number of thioether (sulfide) groups is 1. The molecule has 1 aliphatic heterocycles. The molecular formula is C10H8N2OS2. The van der Waals surface area contributed by atoms with Gasteiger partial charge in [0.15, 0.2) is 0 Å². The van der Waals surface area contributed by atoms with Gasteiger partial charge in [0.2, 0.25) is 0 Å². The smallest absolute Gasteiger partial charge is 0.142 e. The van der Waals surface area contributed by atoms with Gasteiger partial charge in [-0.05, 0) is 17.5 Å². The molecule has 1 unspecified atom stereocenters. The van der Waals surface area contributed by atoms with Gasteiger partial charge in [0.1, 0.15) is 21.6 Å². The van der Waals surface area contributed by atoms with Crippen LogP contribution in [-0.2, 0) is 0 Å². The molecule has 1 aromatic carbocycles. The molecule has 1 aromatic heterocycles. The zero-order chi connectivity index (χ0) is 10.3. The van der Waals surface area contributed by atoms with Gasteiger partial charge in [-0.3, -0.25) is 0 Å². The van der Waals surface area contributed by atoms with E-state index in [1.54, 1.807) is 29.2 Å². The van der Waals surface area contributed by atoms with Crippen molar-refractivity contribution in [3.8, 4) is 5.75 Å². The van der Waals surface area contributed by atoms with Crippen LogP contribution in [0.2, 0.25) is 0 Å². The molecule has 3 nitrogen and oxygen atoms in total. The summed E-state index contributed by atoms with van der Waals surface area (Å²) in [5.41, 5.74) is 0.701. The number of nitrogens with zero attached hydrogens (tertiary/aromatic N) is 1. The van der Waals surface area contributed by atoms with Gasteiger partial charge >= 0.3 is 0 Å². The Balaban J connectivity index is 2.10. The number of hydrogen-bond donors (Lipinski definition) is 2. The van der Waals surface area contributed by atoms with Crippen LogP contribution in [0.1, 0.15) is 10.4 Å². The van der Waals surface area contributed by atoms with E-state index in [4.69, 9.17) is 0 Å². The van der Waals surface area contributed by atoms with Crippen LogP contribution in [-0.4, -0.2) is 10.1 Å². The van der Waals surface area contributed by atoms with Crippen LogP contribution in [0.5, 0.6) is 5.75 Å². The lowest BCUT2D eigenvalue weighted by Crippen LogP contribution is -2.05. The lowest BCUT2D eigenvalue weighted by atomic mass is 10.3. The van der Waals surface area contributed by atoms with E-state index in [0.717, 1.165) is 9.71 Å². The lowest BCUT2D eigenvalue weighted by Gasteiger charge is -2.04. The summed E-state index contributed by atoms with van der Waals surface area (Å²) >= 11 is 3.31. The Morgan fingerprint density at radius 2 is 2.33 bits per heavy atom. The predicted molar refractivity (Wildman–Crippen MR) is 63.9 cm³/mol. The van der Waals surface area contributed by atoms with Gasteiger partial charge in [-0.1, -0.05) is 6.07 Å². The molecule has 15 heavy (non-hydrogen) atoms. The van der Waals surface area contributed by atoms with Crippen LogP contribution in [0.4, 0.5) is 0 Å². The Morgan fingerprint density at radius 3 is 3.07 bits per heavy atom. The number of phenolic OH excluding ortho intramolecular Hbond substituents is 1. The number of rotatable bonds is 1. The number of benzene rings is 1. The summed E-state index contributed by atoms with van der Waals surface area (Å²) in [5.74, 6) is 0.256. The summed E-state index contributed by atoms with van der Waals surface area (Å²) in [6.07, 6.45) is 1.92. The number of phenols is 1. The van der Waals surface area contributed by atoms with Gasteiger partial charge in [-0.15, -0.1) is 23.1 Å². The lowest BCUT2D eigenvalue weighted by molar-refractivity contribution is 0.480.